The standard InChI is InChI=1S/C12H21NO2S/c1-4-11-5-6-12(15-11)9-13-8-7-10(2)16(3)14/h5-6,10,13H,4,7-9H2,1-3H3. The number of hydrogen-bond acceptors (Lipinski definition) is 3. The quantitative estimate of drug-likeness (QED) is 0.746. The first-order valence-electron chi connectivity index (χ1n) is 5.74. The Morgan fingerprint density at radius 2 is 2.12 bits per heavy atom. The molecule has 0 amide bonds. The largest absolute Gasteiger partial charge is 0.465 e. The molecule has 0 saturated heterocycles. The van der Waals surface area contributed by atoms with Crippen molar-refractivity contribution in [2.24, 2.45) is 0 Å². The van der Waals surface area contributed by atoms with Gasteiger partial charge in [0, 0.05) is 28.7 Å². The van der Waals surface area contributed by atoms with Crippen molar-refractivity contribution in [3.63, 3.8) is 0 Å². The molecular formula is C12H21NO2S. The summed E-state index contributed by atoms with van der Waals surface area (Å²) in [5.41, 5.74) is 0. The predicted octanol–water partition coefficient (Wildman–Crippen LogP) is 2.09. The Bertz CT molecular complexity index is 336. The van der Waals surface area contributed by atoms with E-state index < -0.39 is 10.8 Å². The Balaban J connectivity index is 2.18. The molecule has 0 saturated carbocycles. The number of nitrogens with one attached hydrogen (secondary N) is 1. The lowest BCUT2D eigenvalue weighted by atomic mass is 10.3. The molecular weight excluding hydrogens is 222 g/mol. The molecule has 16 heavy (non-hydrogen) atoms. The lowest BCUT2D eigenvalue weighted by molar-refractivity contribution is 0.449. The normalized spacial score (nSPS) is 14.9. The summed E-state index contributed by atoms with van der Waals surface area (Å²) in [6.07, 6.45) is 3.63. The van der Waals surface area contributed by atoms with E-state index in [0.29, 0.717) is 0 Å². The summed E-state index contributed by atoms with van der Waals surface area (Å²) in [6, 6.07) is 4.02. The predicted molar refractivity (Wildman–Crippen MR) is 67.9 cm³/mol. The van der Waals surface area contributed by atoms with Crippen LogP contribution in [0.5, 0.6) is 0 Å². The fourth-order valence-electron chi connectivity index (χ4n) is 1.39. The minimum atomic E-state index is -0.719. The molecule has 2 atom stereocenters. The van der Waals surface area contributed by atoms with Gasteiger partial charge >= 0.3 is 0 Å². The zero-order valence-electron chi connectivity index (χ0n) is 10.3. The fourth-order valence-corrected chi connectivity index (χ4v) is 1.84. The Labute approximate surface area is 100 Å². The van der Waals surface area contributed by atoms with Gasteiger partial charge in [-0.05, 0) is 25.1 Å². The van der Waals surface area contributed by atoms with Crippen LogP contribution in [0.4, 0.5) is 0 Å². The number of furan rings is 1. The highest BCUT2D eigenvalue weighted by Crippen LogP contribution is 2.07. The number of rotatable bonds is 7. The molecule has 3 nitrogen and oxygen atoms in total. The Kier molecular flexibility index (Phi) is 5.77. The highest BCUT2D eigenvalue weighted by atomic mass is 32.2. The zero-order valence-corrected chi connectivity index (χ0v) is 11.1. The third-order valence-corrected chi connectivity index (χ3v) is 4.03. The van der Waals surface area contributed by atoms with Gasteiger partial charge in [0.15, 0.2) is 0 Å². The van der Waals surface area contributed by atoms with Gasteiger partial charge < -0.3 is 9.73 Å². The van der Waals surface area contributed by atoms with E-state index in [4.69, 9.17) is 4.42 Å². The van der Waals surface area contributed by atoms with Crippen molar-refractivity contribution in [3.8, 4) is 0 Å². The Morgan fingerprint density at radius 1 is 1.44 bits per heavy atom. The maximum Gasteiger partial charge on any atom is 0.117 e. The van der Waals surface area contributed by atoms with Crippen LogP contribution in [0.15, 0.2) is 16.5 Å². The first-order valence-corrected chi connectivity index (χ1v) is 7.36. The van der Waals surface area contributed by atoms with E-state index in [1.165, 1.54) is 0 Å². The molecule has 2 unspecified atom stereocenters. The molecule has 0 spiro atoms. The summed E-state index contributed by atoms with van der Waals surface area (Å²) < 4.78 is 16.7. The highest BCUT2D eigenvalue weighted by molar-refractivity contribution is 7.84. The Hall–Kier alpha value is -0.610. The minimum Gasteiger partial charge on any atom is -0.465 e. The molecule has 0 aliphatic rings. The molecule has 1 heterocycles. The van der Waals surface area contributed by atoms with Crippen molar-refractivity contribution >= 4 is 10.8 Å². The van der Waals surface area contributed by atoms with Crippen molar-refractivity contribution in [2.75, 3.05) is 12.8 Å². The van der Waals surface area contributed by atoms with Crippen molar-refractivity contribution < 1.29 is 8.63 Å². The molecule has 0 aliphatic heterocycles. The summed E-state index contributed by atoms with van der Waals surface area (Å²) in [7, 11) is -0.719. The van der Waals surface area contributed by atoms with E-state index in [1.807, 2.05) is 19.1 Å². The van der Waals surface area contributed by atoms with Crippen LogP contribution in [0.1, 0.15) is 31.8 Å². The highest BCUT2D eigenvalue weighted by Gasteiger charge is 2.05. The lowest BCUT2D eigenvalue weighted by Gasteiger charge is -2.08. The summed E-state index contributed by atoms with van der Waals surface area (Å²) in [5.74, 6) is 2.00. The van der Waals surface area contributed by atoms with Crippen LogP contribution in [0.3, 0.4) is 0 Å². The maximum absolute atomic E-state index is 11.1. The van der Waals surface area contributed by atoms with Crippen LogP contribution < -0.4 is 5.32 Å². The van der Waals surface area contributed by atoms with Gasteiger partial charge in [0.05, 0.1) is 6.54 Å². The molecule has 0 aromatic carbocycles. The van der Waals surface area contributed by atoms with Crippen molar-refractivity contribution in [2.45, 2.75) is 38.5 Å². The lowest BCUT2D eigenvalue weighted by Crippen LogP contribution is -2.20. The van der Waals surface area contributed by atoms with Gasteiger partial charge in [0.1, 0.15) is 11.5 Å². The van der Waals surface area contributed by atoms with Crippen LogP contribution in [0.25, 0.3) is 0 Å². The zero-order chi connectivity index (χ0) is 12.0. The molecule has 1 aromatic heterocycles. The number of hydrogen-bond donors (Lipinski definition) is 1. The van der Waals surface area contributed by atoms with E-state index in [0.717, 1.165) is 37.5 Å². The van der Waals surface area contributed by atoms with Crippen molar-refractivity contribution in [3.05, 3.63) is 23.7 Å². The molecule has 4 heteroatoms. The maximum atomic E-state index is 11.1. The monoisotopic (exact) mass is 243 g/mol. The average molecular weight is 243 g/mol. The second-order valence-electron chi connectivity index (χ2n) is 4.00. The molecule has 1 N–H and O–H groups in total. The topological polar surface area (TPSA) is 42.2 Å². The van der Waals surface area contributed by atoms with Gasteiger partial charge in [-0.3, -0.25) is 4.21 Å². The van der Waals surface area contributed by atoms with Gasteiger partial charge in [0.25, 0.3) is 0 Å². The smallest absolute Gasteiger partial charge is 0.117 e. The molecule has 0 bridgehead atoms. The van der Waals surface area contributed by atoms with Gasteiger partial charge in [-0.2, -0.15) is 0 Å². The molecule has 1 rings (SSSR count). The second-order valence-corrected chi connectivity index (χ2v) is 5.80. The third kappa shape index (κ3) is 4.49. The van der Waals surface area contributed by atoms with Gasteiger partial charge in [-0.25, -0.2) is 0 Å². The molecule has 0 aliphatic carbocycles. The first-order chi connectivity index (χ1) is 7.63. The van der Waals surface area contributed by atoms with Gasteiger partial charge in [-0.15, -0.1) is 0 Å². The third-order valence-electron chi connectivity index (χ3n) is 2.66. The molecule has 0 fully saturated rings. The number of aryl methyl sites for hydroxylation is 1. The van der Waals surface area contributed by atoms with Gasteiger partial charge in [-0.1, -0.05) is 13.8 Å². The summed E-state index contributed by atoms with van der Waals surface area (Å²) >= 11 is 0. The van der Waals surface area contributed by atoms with Crippen LogP contribution in [-0.2, 0) is 23.8 Å². The second kappa shape index (κ2) is 6.86. The molecule has 92 valence electrons. The van der Waals surface area contributed by atoms with E-state index in [9.17, 15) is 4.21 Å². The van der Waals surface area contributed by atoms with Crippen molar-refractivity contribution in [1.29, 1.82) is 0 Å². The molecule has 1 aromatic rings. The van der Waals surface area contributed by atoms with Crippen LogP contribution >= 0.6 is 0 Å². The van der Waals surface area contributed by atoms with E-state index in [2.05, 4.69) is 12.2 Å². The SMILES string of the molecule is CCc1ccc(CNCCC(C)S(C)=O)o1. The van der Waals surface area contributed by atoms with Crippen LogP contribution in [-0.4, -0.2) is 22.3 Å². The van der Waals surface area contributed by atoms with Gasteiger partial charge in [0.2, 0.25) is 0 Å². The van der Waals surface area contributed by atoms with Crippen LogP contribution in [0, 0.1) is 0 Å². The fraction of sp³-hybridized carbons (Fsp3) is 0.667. The minimum absolute atomic E-state index is 0.260. The van der Waals surface area contributed by atoms with E-state index in [1.54, 1.807) is 6.26 Å². The Morgan fingerprint density at radius 3 is 2.69 bits per heavy atom. The average Bonchev–Trinajstić information content (AvgIpc) is 2.71. The summed E-state index contributed by atoms with van der Waals surface area (Å²) in [6.45, 7) is 5.72. The summed E-state index contributed by atoms with van der Waals surface area (Å²) in [5, 5.41) is 3.56. The van der Waals surface area contributed by atoms with Crippen molar-refractivity contribution in [1.82, 2.24) is 5.32 Å². The van der Waals surface area contributed by atoms with E-state index >= 15 is 0 Å². The summed E-state index contributed by atoms with van der Waals surface area (Å²) in [4.78, 5) is 0. The van der Waals surface area contributed by atoms with E-state index in [-0.39, 0.29) is 5.25 Å². The molecule has 0 radical (unpaired) electrons. The first kappa shape index (κ1) is 13.5. The van der Waals surface area contributed by atoms with Crippen LogP contribution in [0.2, 0.25) is 0 Å².